The normalized spacial score (nSPS) is 22.8. The highest BCUT2D eigenvalue weighted by molar-refractivity contribution is 7.90. The molecule has 1 spiro atoms. The van der Waals surface area contributed by atoms with Gasteiger partial charge in [-0.05, 0) is 128 Å². The second kappa shape index (κ2) is 18.5. The van der Waals surface area contributed by atoms with Gasteiger partial charge in [0.15, 0.2) is 23.4 Å². The fourth-order valence-corrected chi connectivity index (χ4v) is 12.3. The maximum absolute atomic E-state index is 13.7. The largest absolute Gasteiger partial charge is 0.487 e. The van der Waals surface area contributed by atoms with Crippen LogP contribution in [0.4, 0.5) is 4.79 Å². The van der Waals surface area contributed by atoms with Gasteiger partial charge in [-0.25, -0.2) is 17.9 Å². The Labute approximate surface area is 386 Å². The third-order valence-electron chi connectivity index (χ3n) is 13.9. The molecule has 3 aliphatic heterocycles. The number of Topliss-reactive ketones (excluding diaryl/α,β-unsaturated/α-hetero) is 1. The minimum Gasteiger partial charge on any atom is -0.487 e. The summed E-state index contributed by atoms with van der Waals surface area (Å²) in [7, 11) is -2.01. The van der Waals surface area contributed by atoms with Gasteiger partial charge < -0.3 is 45.1 Å². The van der Waals surface area contributed by atoms with E-state index in [0.717, 1.165) is 48.1 Å². The van der Waals surface area contributed by atoms with Gasteiger partial charge in [0.2, 0.25) is 17.8 Å². The van der Waals surface area contributed by atoms with Crippen LogP contribution in [0.3, 0.4) is 0 Å². The SMILES string of the molecule is C=C(C)OC(=O)CC(=O)N[C@@H](CCCN=C(N)NS(=O)(=O)c1c(C)c(C)c2c(c1C)CC(C)(C)O2)C(=O)NCCN(CC)C(=O)Oc1ccc2c3c1O[C@H]1C(=O)CCC4[C@@H](C2)N(C)CC[C@@]341. The molecule has 2 aliphatic carbocycles. The molecule has 66 heavy (non-hydrogen) atoms. The summed E-state index contributed by atoms with van der Waals surface area (Å²) in [5.74, 6) is -0.735. The number of sulfonamides is 1. The lowest BCUT2D eigenvalue weighted by Crippen LogP contribution is -2.65. The third kappa shape index (κ3) is 9.20. The van der Waals surface area contributed by atoms with Crippen LogP contribution in [0.25, 0.3) is 0 Å². The van der Waals surface area contributed by atoms with Crippen LogP contribution in [-0.2, 0) is 52.2 Å². The van der Waals surface area contributed by atoms with Crippen molar-refractivity contribution in [2.24, 2.45) is 16.6 Å². The van der Waals surface area contributed by atoms with Gasteiger partial charge in [0.1, 0.15) is 23.8 Å². The Kier molecular flexibility index (Phi) is 13.5. The smallest absolute Gasteiger partial charge is 0.415 e. The summed E-state index contributed by atoms with van der Waals surface area (Å²) >= 11 is 0. The lowest BCUT2D eigenvalue weighted by Gasteiger charge is -2.57. The number of esters is 1. The maximum atomic E-state index is 13.7. The summed E-state index contributed by atoms with van der Waals surface area (Å²) in [6, 6.07) is 2.87. The minimum atomic E-state index is -4.15. The molecule has 5 aliphatic rings. The van der Waals surface area contributed by atoms with Gasteiger partial charge in [0, 0.05) is 61.6 Å². The van der Waals surface area contributed by atoms with Crippen LogP contribution in [0.2, 0.25) is 0 Å². The second-order valence-electron chi connectivity index (χ2n) is 18.9. The highest BCUT2D eigenvalue weighted by Gasteiger charge is 2.65. The van der Waals surface area contributed by atoms with E-state index in [1.54, 1.807) is 26.8 Å². The van der Waals surface area contributed by atoms with Gasteiger partial charge in [-0.2, -0.15) is 0 Å². The molecule has 2 bridgehead atoms. The summed E-state index contributed by atoms with van der Waals surface area (Å²) in [5, 5.41) is 5.33. The van der Waals surface area contributed by atoms with E-state index in [1.165, 1.54) is 11.8 Å². The first-order valence-electron chi connectivity index (χ1n) is 22.7. The number of fused-ring (bicyclic) bond motifs is 1. The number of carbonyl (C=O) groups is 5. The van der Waals surface area contributed by atoms with Crippen LogP contribution in [0.1, 0.15) is 99.6 Å². The van der Waals surface area contributed by atoms with E-state index in [4.69, 9.17) is 24.7 Å². The van der Waals surface area contributed by atoms with Crippen LogP contribution < -0.4 is 35.3 Å². The number of ketones is 1. The topological polar surface area (TPSA) is 237 Å². The Balaban J connectivity index is 0.975. The number of allylic oxidation sites excluding steroid dienone is 1. The van der Waals surface area contributed by atoms with Gasteiger partial charge in [-0.15, -0.1) is 0 Å². The maximum Gasteiger partial charge on any atom is 0.415 e. The molecule has 1 saturated heterocycles. The van der Waals surface area contributed by atoms with Crippen molar-refractivity contribution in [3.05, 3.63) is 57.9 Å². The van der Waals surface area contributed by atoms with Crippen LogP contribution >= 0.6 is 0 Å². The molecule has 1 saturated carbocycles. The molecule has 2 aromatic carbocycles. The number of aliphatic imine (C=N–C) groups is 1. The summed E-state index contributed by atoms with van der Waals surface area (Å²) in [6.07, 6.45) is 1.67. The first kappa shape index (κ1) is 48.2. The lowest BCUT2D eigenvalue weighted by atomic mass is 9.52. The van der Waals surface area contributed by atoms with Crippen molar-refractivity contribution in [1.29, 1.82) is 0 Å². The molecule has 1 unspecified atom stereocenters. The summed E-state index contributed by atoms with van der Waals surface area (Å²) in [6.45, 7) is 17.0. The Morgan fingerprint density at radius 3 is 2.58 bits per heavy atom. The molecule has 2 fully saturated rings. The van der Waals surface area contributed by atoms with Crippen molar-refractivity contribution in [3.63, 3.8) is 0 Å². The van der Waals surface area contributed by atoms with E-state index in [0.29, 0.717) is 41.5 Å². The molecule has 2 aromatic rings. The first-order valence-corrected chi connectivity index (χ1v) is 24.2. The number of benzene rings is 2. The van der Waals surface area contributed by atoms with Crippen LogP contribution in [0, 0.1) is 26.7 Å². The third-order valence-corrected chi connectivity index (χ3v) is 15.5. The number of nitrogens with two attached hydrogens (primary N) is 1. The van der Waals surface area contributed by atoms with Crippen LogP contribution in [0.5, 0.6) is 17.2 Å². The zero-order valence-electron chi connectivity index (χ0n) is 39.2. The molecular formula is C47H63N7O11S. The van der Waals surface area contributed by atoms with E-state index >= 15 is 0 Å². The molecule has 18 nitrogen and oxygen atoms in total. The van der Waals surface area contributed by atoms with E-state index < -0.39 is 63.5 Å². The quantitative estimate of drug-likeness (QED) is 0.0472. The molecule has 19 heteroatoms. The number of amides is 3. The first-order chi connectivity index (χ1) is 31.1. The number of hydrogen-bond acceptors (Lipinski definition) is 13. The predicted molar refractivity (Wildman–Crippen MR) is 244 cm³/mol. The van der Waals surface area contributed by atoms with E-state index in [-0.39, 0.29) is 73.1 Å². The number of hydrogen-bond donors (Lipinski definition) is 4. The zero-order valence-corrected chi connectivity index (χ0v) is 40.0. The van der Waals surface area contributed by atoms with Crippen molar-refractivity contribution < 1.29 is 51.3 Å². The van der Waals surface area contributed by atoms with Crippen molar-refractivity contribution in [2.75, 3.05) is 39.8 Å². The summed E-state index contributed by atoms with van der Waals surface area (Å²) < 4.78 is 53.2. The van der Waals surface area contributed by atoms with Crippen LogP contribution in [-0.4, -0.2) is 117 Å². The van der Waals surface area contributed by atoms with Crippen molar-refractivity contribution >= 4 is 45.6 Å². The van der Waals surface area contributed by atoms with E-state index in [9.17, 15) is 32.4 Å². The zero-order chi connectivity index (χ0) is 48.0. The number of ether oxygens (including phenoxy) is 4. The van der Waals surface area contributed by atoms with Gasteiger partial charge in [-0.1, -0.05) is 12.6 Å². The highest BCUT2D eigenvalue weighted by Crippen LogP contribution is 2.63. The second-order valence-corrected chi connectivity index (χ2v) is 20.5. The number of carbonyl (C=O) groups excluding carboxylic acids is 5. The fraction of sp³-hybridized carbons (Fsp3) is 0.574. The Morgan fingerprint density at radius 2 is 1.86 bits per heavy atom. The molecular weight excluding hydrogens is 871 g/mol. The average molecular weight is 934 g/mol. The molecule has 7 rings (SSSR count). The number of nitrogens with one attached hydrogen (secondary N) is 3. The molecule has 358 valence electrons. The number of piperidine rings is 1. The molecule has 3 amide bonds. The Morgan fingerprint density at radius 1 is 1.12 bits per heavy atom. The van der Waals surface area contributed by atoms with Crippen LogP contribution in [0.15, 0.2) is 34.4 Å². The van der Waals surface area contributed by atoms with Crippen molar-refractivity contribution in [1.82, 2.24) is 25.2 Å². The molecule has 0 radical (unpaired) electrons. The highest BCUT2D eigenvalue weighted by atomic mass is 32.2. The standard InChI is InChI=1S/C47H63N7O11S/c1-10-54(45(59)63-35-16-13-29-22-33-31-14-15-34(55)42-47(31,17-20-53(33)9)38(29)40(35)64-42)21-19-49-43(58)32(51-36(56)23-37(57)62-25(2)3)12-11-18-50-44(48)52-66(60,61)41-27(5)26(4)39-30(28(41)6)24-46(7,8)65-39/h13,16,31-33,42H,2,10-12,14-15,17-24H2,1,3-9H3,(H,49,58)(H,51,56)(H3,48,50,52)/t31?,32-,33+,42-,47-/m0/s1. The minimum absolute atomic E-state index is 0.0207. The molecule has 0 aromatic heterocycles. The van der Waals surface area contributed by atoms with E-state index in [1.807, 2.05) is 26.8 Å². The van der Waals surface area contributed by atoms with Gasteiger partial charge >= 0.3 is 12.1 Å². The Bertz CT molecular complexity index is 2510. The van der Waals surface area contributed by atoms with Gasteiger partial charge in [0.05, 0.1) is 10.7 Å². The predicted octanol–water partition coefficient (Wildman–Crippen LogP) is 3.53. The Hall–Kier alpha value is -5.69. The van der Waals surface area contributed by atoms with Gasteiger partial charge in [-0.3, -0.25) is 24.2 Å². The molecule has 3 heterocycles. The van der Waals surface area contributed by atoms with Crippen molar-refractivity contribution in [3.8, 4) is 17.2 Å². The van der Waals surface area contributed by atoms with Gasteiger partial charge in [0.25, 0.3) is 10.0 Å². The number of likely N-dealkylation sites (tertiary alicyclic amines) is 1. The number of likely N-dealkylation sites (N-methyl/N-ethyl adjacent to an activating group) is 2. The monoisotopic (exact) mass is 933 g/mol. The van der Waals surface area contributed by atoms with E-state index in [2.05, 4.69) is 38.9 Å². The molecule has 5 atom stereocenters. The number of rotatable bonds is 16. The summed E-state index contributed by atoms with van der Waals surface area (Å²) in [4.78, 5) is 73.8. The summed E-state index contributed by atoms with van der Waals surface area (Å²) in [5.41, 5.74) is 9.94. The number of nitrogens with zero attached hydrogens (tertiary/aromatic N) is 3. The average Bonchev–Trinajstić information content (AvgIpc) is 3.77. The lowest BCUT2D eigenvalue weighted by molar-refractivity contribution is -0.143. The number of guanidine groups is 1. The van der Waals surface area contributed by atoms with Crippen molar-refractivity contribution in [2.45, 2.75) is 134 Å². The fourth-order valence-electron chi connectivity index (χ4n) is 10.8. The molecule has 5 N–H and O–H groups in total.